The van der Waals surface area contributed by atoms with Crippen molar-refractivity contribution in [1.82, 2.24) is 13.9 Å². The third kappa shape index (κ3) is 3.21. The summed E-state index contributed by atoms with van der Waals surface area (Å²) in [5, 5.41) is 0.670. The van der Waals surface area contributed by atoms with Crippen LogP contribution in [0.4, 0.5) is 0 Å². The van der Waals surface area contributed by atoms with Crippen LogP contribution in [0.5, 0.6) is 0 Å². The average molecular weight is 416 g/mol. The summed E-state index contributed by atoms with van der Waals surface area (Å²) in [7, 11) is 1.73. The highest BCUT2D eigenvalue weighted by Gasteiger charge is 2.22. The zero-order valence-electron chi connectivity index (χ0n) is 16.9. The molecule has 0 saturated carbocycles. The third-order valence-corrected chi connectivity index (χ3v) is 5.15. The van der Waals surface area contributed by atoms with E-state index in [0.717, 1.165) is 0 Å². The van der Waals surface area contributed by atoms with Crippen molar-refractivity contribution in [3.63, 3.8) is 0 Å². The Morgan fingerprint density at radius 2 is 1.52 bits per heavy atom. The van der Waals surface area contributed by atoms with Gasteiger partial charge in [-0.2, -0.15) is 4.99 Å². The Kier molecular flexibility index (Phi) is 4.78. The van der Waals surface area contributed by atoms with Crippen LogP contribution in [0.25, 0.3) is 22.1 Å². The summed E-state index contributed by atoms with van der Waals surface area (Å²) >= 11 is 0. The van der Waals surface area contributed by atoms with Gasteiger partial charge >= 0.3 is 0 Å². The molecule has 156 valence electrons. The van der Waals surface area contributed by atoms with E-state index in [1.165, 1.54) is 15.4 Å². The molecule has 2 aromatic carbocycles. The van der Waals surface area contributed by atoms with Gasteiger partial charge < -0.3 is 11.5 Å². The molecule has 2 aromatic heterocycles. The summed E-state index contributed by atoms with van der Waals surface area (Å²) in [6.45, 7) is 1.73. The van der Waals surface area contributed by atoms with Crippen molar-refractivity contribution in [2.24, 2.45) is 23.5 Å². The highest BCUT2D eigenvalue weighted by atomic mass is 16.2. The smallest absolute Gasteiger partial charge is 0.296 e. The summed E-state index contributed by atoms with van der Waals surface area (Å²) in [4.78, 5) is 43.0. The molecule has 4 rings (SSSR count). The lowest BCUT2D eigenvalue weighted by atomic mass is 10.1. The van der Waals surface area contributed by atoms with Gasteiger partial charge in [-0.1, -0.05) is 36.4 Å². The summed E-state index contributed by atoms with van der Waals surface area (Å²) in [6.07, 6.45) is 1.32. The Morgan fingerprint density at radius 3 is 2.16 bits per heavy atom. The quantitative estimate of drug-likeness (QED) is 0.383. The fourth-order valence-corrected chi connectivity index (χ4v) is 3.64. The summed E-state index contributed by atoms with van der Waals surface area (Å²) in [5.74, 6) is -1.10. The molecular formula is C22H20N6O3. The van der Waals surface area contributed by atoms with Crippen LogP contribution in [0.1, 0.15) is 16.1 Å². The Bertz CT molecular complexity index is 1470. The van der Waals surface area contributed by atoms with E-state index in [0.29, 0.717) is 16.8 Å². The molecule has 0 unspecified atom stereocenters. The Balaban J connectivity index is 2.08. The van der Waals surface area contributed by atoms with Gasteiger partial charge in [0.2, 0.25) is 0 Å². The number of pyridine rings is 1. The predicted octanol–water partition coefficient (Wildman–Crippen LogP) is 1.20. The lowest BCUT2D eigenvalue weighted by Gasteiger charge is -2.10. The number of nitrogens with two attached hydrogens (primary N) is 2. The van der Waals surface area contributed by atoms with E-state index in [9.17, 15) is 14.4 Å². The molecule has 1 amide bonds. The van der Waals surface area contributed by atoms with Crippen LogP contribution in [0.3, 0.4) is 0 Å². The van der Waals surface area contributed by atoms with Gasteiger partial charge in [0.15, 0.2) is 5.96 Å². The molecule has 0 radical (unpaired) electrons. The van der Waals surface area contributed by atoms with Gasteiger partial charge in [0.1, 0.15) is 5.69 Å². The highest BCUT2D eigenvalue weighted by Crippen LogP contribution is 2.20. The first-order valence-corrected chi connectivity index (χ1v) is 9.44. The molecule has 0 atom stereocenters. The fraction of sp³-hybridized carbons (Fsp3) is 0.0909. The van der Waals surface area contributed by atoms with E-state index in [-0.39, 0.29) is 16.6 Å². The van der Waals surface area contributed by atoms with E-state index in [4.69, 9.17) is 11.5 Å². The second-order valence-electron chi connectivity index (χ2n) is 7.02. The standard InChI is InChI=1S/C22H20N6O3/c1-13-18(21(31)28(26(13)2)14-8-4-3-5-9-14)27-12-17(19(29)25-22(23)24)15-10-6-7-11-16(15)20(27)30/h3-12H,1-2H3,(H4,23,24,25,29). The van der Waals surface area contributed by atoms with E-state index >= 15 is 0 Å². The lowest BCUT2D eigenvalue weighted by molar-refractivity contribution is 0.100. The number of aromatic nitrogens is 3. The number of fused-ring (bicyclic) bond motifs is 1. The number of carbonyl (C=O) groups excluding carboxylic acids is 1. The summed E-state index contributed by atoms with van der Waals surface area (Å²) < 4.78 is 4.31. The number of hydrogen-bond acceptors (Lipinski definition) is 3. The predicted molar refractivity (Wildman–Crippen MR) is 119 cm³/mol. The second kappa shape index (κ2) is 7.45. The molecule has 0 aliphatic heterocycles. The van der Waals surface area contributed by atoms with E-state index in [2.05, 4.69) is 4.99 Å². The van der Waals surface area contributed by atoms with E-state index in [1.807, 2.05) is 18.2 Å². The third-order valence-electron chi connectivity index (χ3n) is 5.15. The van der Waals surface area contributed by atoms with Crippen LogP contribution in [0, 0.1) is 6.92 Å². The Morgan fingerprint density at radius 1 is 0.903 bits per heavy atom. The molecule has 0 bridgehead atoms. The maximum Gasteiger partial charge on any atom is 0.296 e. The first kappa shape index (κ1) is 19.9. The molecule has 0 aliphatic carbocycles. The molecule has 0 fully saturated rings. The first-order valence-electron chi connectivity index (χ1n) is 9.44. The van der Waals surface area contributed by atoms with Gasteiger partial charge in [-0.05, 0) is 25.1 Å². The van der Waals surface area contributed by atoms with Crippen LogP contribution in [-0.4, -0.2) is 25.8 Å². The first-order chi connectivity index (χ1) is 14.8. The molecule has 4 N–H and O–H groups in total. The SMILES string of the molecule is Cc1c(-n2cc(C(=O)N=C(N)N)c3ccccc3c2=O)c(=O)n(-c2ccccc2)n1C. The van der Waals surface area contributed by atoms with Crippen molar-refractivity contribution in [2.75, 3.05) is 0 Å². The average Bonchev–Trinajstić information content (AvgIpc) is 2.97. The second-order valence-corrected chi connectivity index (χ2v) is 7.02. The lowest BCUT2D eigenvalue weighted by Crippen LogP contribution is -2.28. The number of amides is 1. The van der Waals surface area contributed by atoms with Gasteiger partial charge in [-0.25, -0.2) is 4.68 Å². The number of hydrogen-bond donors (Lipinski definition) is 2. The molecular weight excluding hydrogens is 396 g/mol. The van der Waals surface area contributed by atoms with Crippen LogP contribution in [-0.2, 0) is 7.05 Å². The van der Waals surface area contributed by atoms with Crippen molar-refractivity contribution < 1.29 is 4.79 Å². The van der Waals surface area contributed by atoms with Crippen molar-refractivity contribution in [3.8, 4) is 11.4 Å². The molecule has 4 aromatic rings. The van der Waals surface area contributed by atoms with Crippen molar-refractivity contribution in [2.45, 2.75) is 6.92 Å². The van der Waals surface area contributed by atoms with Crippen LogP contribution in [0.15, 0.2) is 75.4 Å². The minimum atomic E-state index is -0.707. The van der Waals surface area contributed by atoms with E-state index in [1.54, 1.807) is 55.1 Å². The van der Waals surface area contributed by atoms with Gasteiger partial charge in [0.05, 0.1) is 16.9 Å². The number of rotatable bonds is 3. The molecule has 0 saturated heterocycles. The van der Waals surface area contributed by atoms with Crippen LogP contribution in [0.2, 0.25) is 0 Å². The molecule has 31 heavy (non-hydrogen) atoms. The molecule has 2 heterocycles. The molecule has 9 nitrogen and oxygen atoms in total. The molecule has 0 spiro atoms. The zero-order chi connectivity index (χ0) is 22.3. The zero-order valence-corrected chi connectivity index (χ0v) is 16.9. The molecule has 0 aliphatic rings. The van der Waals surface area contributed by atoms with Gasteiger partial charge in [-0.15, -0.1) is 0 Å². The maximum absolute atomic E-state index is 13.4. The minimum Gasteiger partial charge on any atom is -0.370 e. The fourth-order valence-electron chi connectivity index (χ4n) is 3.64. The van der Waals surface area contributed by atoms with Crippen molar-refractivity contribution >= 4 is 22.6 Å². The monoisotopic (exact) mass is 416 g/mol. The normalized spacial score (nSPS) is 10.9. The van der Waals surface area contributed by atoms with Gasteiger partial charge in [-0.3, -0.25) is 23.6 Å². The Labute approximate surface area is 176 Å². The Hall–Kier alpha value is -4.40. The largest absolute Gasteiger partial charge is 0.370 e. The van der Waals surface area contributed by atoms with Crippen LogP contribution >= 0.6 is 0 Å². The number of carbonyl (C=O) groups is 1. The highest BCUT2D eigenvalue weighted by molar-refractivity contribution is 6.10. The van der Waals surface area contributed by atoms with Gasteiger partial charge in [0.25, 0.3) is 17.0 Å². The number of aliphatic imine (C=N–C) groups is 1. The number of nitrogens with zero attached hydrogens (tertiary/aromatic N) is 4. The van der Waals surface area contributed by atoms with Crippen molar-refractivity contribution in [3.05, 3.63) is 92.8 Å². The topological polar surface area (TPSA) is 130 Å². The van der Waals surface area contributed by atoms with Gasteiger partial charge in [0, 0.05) is 24.0 Å². The number of benzene rings is 2. The maximum atomic E-state index is 13.4. The number of para-hydroxylation sites is 1. The van der Waals surface area contributed by atoms with Crippen molar-refractivity contribution in [1.29, 1.82) is 0 Å². The minimum absolute atomic E-state index is 0.109. The summed E-state index contributed by atoms with van der Waals surface area (Å²) in [6, 6.07) is 15.7. The van der Waals surface area contributed by atoms with E-state index < -0.39 is 23.0 Å². The number of guanidine groups is 1. The summed E-state index contributed by atoms with van der Waals surface area (Å²) in [5.41, 5.74) is 11.4. The molecule has 9 heteroatoms. The van der Waals surface area contributed by atoms with Crippen LogP contribution < -0.4 is 22.6 Å².